The summed E-state index contributed by atoms with van der Waals surface area (Å²) in [7, 11) is -1.61. The van der Waals surface area contributed by atoms with Gasteiger partial charge in [-0.2, -0.15) is 4.31 Å². The van der Waals surface area contributed by atoms with Crippen molar-refractivity contribution in [2.45, 2.75) is 35.9 Å². The van der Waals surface area contributed by atoms with Gasteiger partial charge in [0, 0.05) is 23.8 Å². The average Bonchev–Trinajstić information content (AvgIpc) is 2.64. The lowest BCUT2D eigenvalue weighted by molar-refractivity contribution is 0.250. The molecule has 0 aliphatic heterocycles. The molecule has 0 radical (unpaired) electrons. The monoisotopic (exact) mass is 293 g/mol. The smallest absolute Gasteiger partial charge is 0.206 e. The van der Waals surface area contributed by atoms with Crippen molar-refractivity contribution >= 4 is 33.0 Å². The Balaban J connectivity index is 2.18. The first-order valence-corrected chi connectivity index (χ1v) is 8.47. The first kappa shape index (κ1) is 13.3. The van der Waals surface area contributed by atoms with E-state index in [1.165, 1.54) is 15.6 Å². The zero-order valence-corrected chi connectivity index (χ0v) is 12.1. The molecule has 1 aliphatic rings. The zero-order chi connectivity index (χ0) is 12.5. The summed E-state index contributed by atoms with van der Waals surface area (Å²) in [5.41, 5.74) is 0. The lowest BCUT2D eigenvalue weighted by Crippen LogP contribution is -2.40. The second kappa shape index (κ2) is 5.26. The van der Waals surface area contributed by atoms with Gasteiger partial charge in [0.25, 0.3) is 10.0 Å². The molecule has 1 fully saturated rings. The highest BCUT2D eigenvalue weighted by Crippen LogP contribution is 2.31. The molecule has 0 N–H and O–H groups in total. The lowest BCUT2D eigenvalue weighted by Gasteiger charge is -2.33. The fourth-order valence-electron chi connectivity index (χ4n) is 1.81. The van der Waals surface area contributed by atoms with E-state index in [0.29, 0.717) is 10.1 Å². The number of halogens is 1. The van der Waals surface area contributed by atoms with Gasteiger partial charge in [-0.1, -0.05) is 6.42 Å². The first-order valence-electron chi connectivity index (χ1n) is 5.68. The van der Waals surface area contributed by atoms with E-state index in [9.17, 15) is 8.42 Å². The Bertz CT molecular complexity index is 479. The van der Waals surface area contributed by atoms with Crippen LogP contribution in [0.1, 0.15) is 24.1 Å². The first-order chi connectivity index (χ1) is 8.05. The minimum Gasteiger partial charge on any atom is -0.206 e. The molecule has 1 aromatic heterocycles. The number of hydrogen-bond acceptors (Lipinski definition) is 3. The van der Waals surface area contributed by atoms with E-state index in [1.807, 2.05) is 6.07 Å². The van der Waals surface area contributed by atoms with Crippen LogP contribution in [0.5, 0.6) is 0 Å². The Hall–Kier alpha value is -0.100. The van der Waals surface area contributed by atoms with Gasteiger partial charge in [-0.05, 0) is 31.4 Å². The minimum atomic E-state index is -3.29. The predicted molar refractivity (Wildman–Crippen MR) is 71.3 cm³/mol. The minimum absolute atomic E-state index is 0.193. The van der Waals surface area contributed by atoms with Crippen molar-refractivity contribution in [1.82, 2.24) is 4.31 Å². The molecule has 0 unspecified atom stereocenters. The number of alkyl halides is 1. The highest BCUT2D eigenvalue weighted by Gasteiger charge is 2.32. The van der Waals surface area contributed by atoms with Crippen molar-refractivity contribution < 1.29 is 8.42 Å². The molecule has 1 heterocycles. The zero-order valence-electron chi connectivity index (χ0n) is 9.73. The Morgan fingerprint density at radius 2 is 2.18 bits per heavy atom. The third kappa shape index (κ3) is 2.67. The van der Waals surface area contributed by atoms with E-state index >= 15 is 0 Å². The van der Waals surface area contributed by atoms with E-state index < -0.39 is 10.0 Å². The fraction of sp³-hybridized carbons (Fsp3) is 0.636. The Labute approximate surface area is 111 Å². The van der Waals surface area contributed by atoms with Crippen LogP contribution in [-0.2, 0) is 16.4 Å². The van der Waals surface area contributed by atoms with Gasteiger partial charge in [0.2, 0.25) is 0 Å². The molecular weight excluding hydrogens is 278 g/mol. The van der Waals surface area contributed by atoms with Gasteiger partial charge in [0.05, 0.1) is 0 Å². The van der Waals surface area contributed by atoms with Gasteiger partial charge in [-0.25, -0.2) is 8.42 Å². The number of thiophene rings is 1. The summed E-state index contributed by atoms with van der Waals surface area (Å²) in [5.74, 6) is 0.526. The molecule has 1 saturated carbocycles. The molecule has 3 nitrogen and oxygen atoms in total. The normalized spacial score (nSPS) is 17.4. The van der Waals surface area contributed by atoms with Crippen molar-refractivity contribution in [1.29, 1.82) is 0 Å². The maximum Gasteiger partial charge on any atom is 0.252 e. The largest absolute Gasteiger partial charge is 0.252 e. The Morgan fingerprint density at radius 3 is 2.71 bits per heavy atom. The van der Waals surface area contributed by atoms with Crippen LogP contribution in [0.15, 0.2) is 16.3 Å². The summed E-state index contributed by atoms with van der Waals surface area (Å²) >= 11 is 6.98. The van der Waals surface area contributed by atoms with Crippen molar-refractivity contribution in [3.05, 3.63) is 17.0 Å². The molecule has 1 aliphatic carbocycles. The van der Waals surface area contributed by atoms with E-state index in [4.69, 9.17) is 11.6 Å². The second-order valence-electron chi connectivity index (χ2n) is 4.27. The molecule has 0 aromatic carbocycles. The van der Waals surface area contributed by atoms with Crippen LogP contribution >= 0.6 is 22.9 Å². The molecule has 0 atom stereocenters. The Kier molecular flexibility index (Phi) is 4.13. The van der Waals surface area contributed by atoms with E-state index in [-0.39, 0.29) is 6.04 Å². The van der Waals surface area contributed by atoms with Crippen LogP contribution in [0.3, 0.4) is 0 Å². The molecule has 0 bridgehead atoms. The summed E-state index contributed by atoms with van der Waals surface area (Å²) < 4.78 is 26.5. The highest BCUT2D eigenvalue weighted by molar-refractivity contribution is 7.91. The van der Waals surface area contributed by atoms with E-state index in [2.05, 4.69) is 0 Å². The third-order valence-electron chi connectivity index (χ3n) is 3.20. The van der Waals surface area contributed by atoms with Crippen LogP contribution in [0, 0.1) is 0 Å². The lowest BCUT2D eigenvalue weighted by atomic mass is 9.94. The topological polar surface area (TPSA) is 37.4 Å². The van der Waals surface area contributed by atoms with Crippen molar-refractivity contribution in [2.75, 3.05) is 12.9 Å². The summed E-state index contributed by atoms with van der Waals surface area (Å²) in [6, 6.07) is 3.74. The van der Waals surface area contributed by atoms with Crippen LogP contribution in [0.25, 0.3) is 0 Å². The molecule has 6 heteroatoms. The molecule has 1 aromatic rings. The molecule has 17 heavy (non-hydrogen) atoms. The number of hydrogen-bond donors (Lipinski definition) is 0. The molecule has 96 valence electrons. The number of sulfonamides is 1. The third-order valence-corrected chi connectivity index (χ3v) is 6.91. The predicted octanol–water partition coefficient (Wildman–Crippen LogP) is 2.70. The molecule has 2 rings (SSSR count). The maximum absolute atomic E-state index is 12.3. The van der Waals surface area contributed by atoms with Crippen LogP contribution in [0.4, 0.5) is 0 Å². The molecular formula is C11H16ClNO2S2. The van der Waals surface area contributed by atoms with Gasteiger partial charge in [-0.3, -0.25) is 0 Å². The van der Waals surface area contributed by atoms with Crippen LogP contribution in [0.2, 0.25) is 0 Å². The number of aryl methyl sites for hydroxylation is 1. The maximum atomic E-state index is 12.3. The van der Waals surface area contributed by atoms with Gasteiger partial charge in [-0.15, -0.1) is 22.9 Å². The van der Waals surface area contributed by atoms with Gasteiger partial charge < -0.3 is 0 Å². The van der Waals surface area contributed by atoms with Crippen LogP contribution in [-0.4, -0.2) is 31.7 Å². The van der Waals surface area contributed by atoms with E-state index in [0.717, 1.165) is 30.6 Å². The number of nitrogens with zero attached hydrogens (tertiary/aromatic N) is 1. The van der Waals surface area contributed by atoms with E-state index in [1.54, 1.807) is 13.1 Å². The van der Waals surface area contributed by atoms with Gasteiger partial charge in [0.15, 0.2) is 0 Å². The quantitative estimate of drug-likeness (QED) is 0.783. The summed E-state index contributed by atoms with van der Waals surface area (Å²) in [6.45, 7) is 0. The van der Waals surface area contributed by atoms with Crippen molar-refractivity contribution in [3.8, 4) is 0 Å². The molecule has 0 spiro atoms. The SMILES string of the molecule is CN(C1CCC1)S(=O)(=O)c1ccc(CCCl)s1. The highest BCUT2D eigenvalue weighted by atomic mass is 35.5. The summed E-state index contributed by atoms with van der Waals surface area (Å²) in [4.78, 5) is 1.03. The summed E-state index contributed by atoms with van der Waals surface area (Å²) in [6.07, 6.45) is 3.83. The Morgan fingerprint density at radius 1 is 1.47 bits per heavy atom. The van der Waals surface area contributed by atoms with Crippen molar-refractivity contribution in [2.24, 2.45) is 0 Å². The fourth-order valence-corrected chi connectivity index (χ4v) is 5.09. The van der Waals surface area contributed by atoms with Crippen LogP contribution < -0.4 is 0 Å². The average molecular weight is 294 g/mol. The molecule has 0 amide bonds. The second-order valence-corrected chi connectivity index (χ2v) is 8.04. The summed E-state index contributed by atoms with van der Waals surface area (Å²) in [5, 5.41) is 0. The number of rotatable bonds is 5. The van der Waals surface area contributed by atoms with Gasteiger partial charge >= 0.3 is 0 Å². The van der Waals surface area contributed by atoms with Gasteiger partial charge in [0.1, 0.15) is 4.21 Å². The molecule has 0 saturated heterocycles. The standard InChI is InChI=1S/C11H16ClNO2S2/c1-13(9-3-2-4-9)17(14,15)11-6-5-10(16-11)7-8-12/h5-6,9H,2-4,7-8H2,1H3. The van der Waals surface area contributed by atoms with Crippen molar-refractivity contribution in [3.63, 3.8) is 0 Å².